The summed E-state index contributed by atoms with van der Waals surface area (Å²) in [7, 11) is 0. The van der Waals surface area contributed by atoms with Gasteiger partial charge in [-0.05, 0) is 0 Å². The van der Waals surface area contributed by atoms with Crippen molar-refractivity contribution in [3.63, 3.8) is 0 Å². The maximum absolute atomic E-state index is 8.82. The van der Waals surface area contributed by atoms with Crippen LogP contribution in [0.15, 0.2) is 0 Å². The van der Waals surface area contributed by atoms with Gasteiger partial charge < -0.3 is 0 Å². The first-order valence-corrected chi connectivity index (χ1v) is 3.63. The summed E-state index contributed by atoms with van der Waals surface area (Å²) in [6, 6.07) is 0. The third-order valence-corrected chi connectivity index (χ3v) is 0. The van der Waals surface area contributed by atoms with Gasteiger partial charge in [-0.3, -0.25) is 0 Å². The van der Waals surface area contributed by atoms with Crippen molar-refractivity contribution in [1.29, 1.82) is 0 Å². The molecule has 6 heavy (non-hydrogen) atoms. The van der Waals surface area contributed by atoms with E-state index < -0.39 is 13.4 Å². The van der Waals surface area contributed by atoms with Crippen LogP contribution in [0.2, 0.25) is 0 Å². The maximum atomic E-state index is 8.82. The Balaban J connectivity index is 0. The molecule has 0 aromatic carbocycles. The maximum Gasteiger partial charge on any atom is 1.00 e. The van der Waals surface area contributed by atoms with E-state index in [0.717, 1.165) is 0 Å². The summed E-state index contributed by atoms with van der Waals surface area (Å²) in [5, 5.41) is 0. The van der Waals surface area contributed by atoms with E-state index in [1.54, 1.807) is 0 Å². The largest absolute Gasteiger partial charge is 1.00 e. The minimum atomic E-state index is -5.25. The summed E-state index contributed by atoms with van der Waals surface area (Å²) in [6.45, 7) is 0. The first-order chi connectivity index (χ1) is 2.00. The molecular weight excluding hydrogens is 166 g/mol. The number of rotatable bonds is 0. The van der Waals surface area contributed by atoms with Gasteiger partial charge in [0.05, 0.1) is 0 Å². The van der Waals surface area contributed by atoms with Gasteiger partial charge in [-0.25, -0.2) is 0 Å². The smallest absolute Gasteiger partial charge is 1.00 e. The Morgan fingerprint density at radius 3 is 1.17 bits per heavy atom. The van der Waals surface area contributed by atoms with Crippen LogP contribution < -0.4 is 29.6 Å². The van der Waals surface area contributed by atoms with Crippen LogP contribution in [0.5, 0.6) is 0 Å². The van der Waals surface area contributed by atoms with E-state index in [4.69, 9.17) is 16.0 Å². The second-order valence-corrected chi connectivity index (χ2v) is 2.33. The second kappa shape index (κ2) is 3.10. The summed E-state index contributed by atoms with van der Waals surface area (Å²) in [5.74, 6) is 0. The summed E-state index contributed by atoms with van der Waals surface area (Å²) < 4.78 is 31.9. The van der Waals surface area contributed by atoms with E-state index in [1.807, 2.05) is 0 Å². The molecule has 0 saturated heterocycles. The van der Waals surface area contributed by atoms with Crippen molar-refractivity contribution in [2.75, 3.05) is 0 Å². The Hall–Kier alpha value is 1.04. The molecule has 0 radical (unpaired) electrons. The molecule has 0 rings (SSSR count). The number of hydrogen-bond acceptors (Lipinski definition) is 2. The summed E-state index contributed by atoms with van der Waals surface area (Å²) in [6.07, 6.45) is 0. The van der Waals surface area contributed by atoms with Crippen molar-refractivity contribution in [1.82, 2.24) is 0 Å². The molecule has 0 aliphatic carbocycles. The van der Waals surface area contributed by atoms with E-state index in [-0.39, 0.29) is 29.6 Å². The molecule has 0 atom stereocenters. The molecule has 0 aromatic heterocycles. The quantitative estimate of drug-likeness (QED) is 0.356. The minimum absolute atomic E-state index is 0. The molecular formula is H2NaO4Se+. The Labute approximate surface area is 58.7 Å². The predicted octanol–water partition coefficient (Wildman–Crippen LogP) is -4.73. The van der Waals surface area contributed by atoms with Gasteiger partial charge in [0, 0.05) is 0 Å². The molecule has 0 aliphatic rings. The van der Waals surface area contributed by atoms with Crippen molar-refractivity contribution in [3.8, 4) is 0 Å². The third kappa shape index (κ3) is 76.1. The minimum Gasteiger partial charge on any atom is 1.00 e. The molecule has 0 aromatic rings. The van der Waals surface area contributed by atoms with Gasteiger partial charge in [-0.2, -0.15) is 0 Å². The molecule has 0 fully saturated rings. The Morgan fingerprint density at radius 1 is 1.17 bits per heavy atom. The molecule has 0 spiro atoms. The van der Waals surface area contributed by atoms with Gasteiger partial charge >= 0.3 is 59.0 Å². The van der Waals surface area contributed by atoms with Crippen molar-refractivity contribution < 1.29 is 45.6 Å². The zero-order chi connectivity index (χ0) is 4.50. The zero-order valence-electron chi connectivity index (χ0n) is 3.12. The van der Waals surface area contributed by atoms with E-state index in [0.29, 0.717) is 0 Å². The van der Waals surface area contributed by atoms with E-state index in [9.17, 15) is 0 Å². The molecule has 0 aliphatic heterocycles. The zero-order valence-corrected chi connectivity index (χ0v) is 6.83. The molecule has 4 nitrogen and oxygen atoms in total. The van der Waals surface area contributed by atoms with Gasteiger partial charge in [0.25, 0.3) is 0 Å². The molecule has 0 heterocycles. The van der Waals surface area contributed by atoms with Crippen LogP contribution in [0.25, 0.3) is 0 Å². The van der Waals surface area contributed by atoms with Gasteiger partial charge in [-0.15, -0.1) is 0 Å². The molecule has 0 unspecified atom stereocenters. The van der Waals surface area contributed by atoms with Crippen LogP contribution >= 0.6 is 0 Å². The number of hydrogen-bond donors (Lipinski definition) is 2. The van der Waals surface area contributed by atoms with Gasteiger partial charge in [-0.1, -0.05) is 0 Å². The van der Waals surface area contributed by atoms with Crippen molar-refractivity contribution >= 4 is 13.4 Å². The average Bonchev–Trinajstić information content (AvgIpc) is 0.722. The standard InChI is InChI=1S/Na.H2O4Se/c;1-5(2,3)4/h;(H2,1,2,3,4)/q+1;. The Kier molecular flexibility index (Phi) is 5.22. The normalized spacial score (nSPS) is 9.67. The topological polar surface area (TPSA) is 74.6 Å². The molecule has 6 heteroatoms. The molecule has 0 saturated carbocycles. The van der Waals surface area contributed by atoms with Crippen LogP contribution in [-0.2, 0) is 7.67 Å². The van der Waals surface area contributed by atoms with Crippen LogP contribution in [0, 0.1) is 0 Å². The second-order valence-electron chi connectivity index (χ2n) is 0.448. The first-order valence-electron chi connectivity index (χ1n) is 0.698. The fourth-order valence-electron chi connectivity index (χ4n) is 0. The first kappa shape index (κ1) is 10.1. The summed E-state index contributed by atoms with van der Waals surface area (Å²) >= 11 is -5.25. The van der Waals surface area contributed by atoms with Gasteiger partial charge in [0.1, 0.15) is 0 Å². The summed E-state index contributed by atoms with van der Waals surface area (Å²) in [4.78, 5) is 0. The Bertz CT molecular complexity index is 90.7. The van der Waals surface area contributed by atoms with Gasteiger partial charge in [0.2, 0.25) is 0 Å². The SMILES string of the molecule is O=[Se](=O)(O)O.[Na+]. The molecule has 32 valence electrons. The van der Waals surface area contributed by atoms with Gasteiger partial charge in [0.15, 0.2) is 0 Å². The third-order valence-electron chi connectivity index (χ3n) is 0. The van der Waals surface area contributed by atoms with Crippen LogP contribution in [0.4, 0.5) is 0 Å². The monoisotopic (exact) mass is 169 g/mol. The van der Waals surface area contributed by atoms with Crippen molar-refractivity contribution in [3.05, 3.63) is 0 Å². The average molecular weight is 168 g/mol. The van der Waals surface area contributed by atoms with E-state index in [2.05, 4.69) is 0 Å². The van der Waals surface area contributed by atoms with E-state index in [1.165, 1.54) is 0 Å². The predicted molar refractivity (Wildman–Crippen MR) is 11.6 cm³/mol. The Morgan fingerprint density at radius 2 is 1.17 bits per heavy atom. The molecule has 0 amide bonds. The fraction of sp³-hybridized carbons (Fsp3) is 0. The fourth-order valence-corrected chi connectivity index (χ4v) is 0. The van der Waals surface area contributed by atoms with Crippen molar-refractivity contribution in [2.24, 2.45) is 0 Å². The molecule has 2 N–H and O–H groups in total. The molecule has 0 bridgehead atoms. The van der Waals surface area contributed by atoms with Crippen LogP contribution in [-0.4, -0.2) is 21.7 Å². The summed E-state index contributed by atoms with van der Waals surface area (Å²) in [5.41, 5.74) is 0. The van der Waals surface area contributed by atoms with E-state index >= 15 is 0 Å². The van der Waals surface area contributed by atoms with Crippen molar-refractivity contribution in [2.45, 2.75) is 0 Å². The van der Waals surface area contributed by atoms with Crippen LogP contribution in [0.1, 0.15) is 0 Å². The van der Waals surface area contributed by atoms with Crippen LogP contribution in [0.3, 0.4) is 0 Å².